The van der Waals surface area contributed by atoms with Crippen molar-refractivity contribution in [3.8, 4) is 5.69 Å². The van der Waals surface area contributed by atoms with Gasteiger partial charge in [0.25, 0.3) is 5.56 Å². The standard InChI is InChI=1S/C28H34N2O4/c1-5-6-7-13-22(31)14-8-9-15-25-29-24-18-21(28(33)34-4)16-17-23(24)27(32)30(25)26-19(2)11-10-12-20(26)3/h10-12,16-18H,5-9,13-15H2,1-4H3. The number of carbonyl (C=O) groups is 2. The van der Waals surface area contributed by atoms with Crippen molar-refractivity contribution in [1.29, 1.82) is 0 Å². The molecular weight excluding hydrogens is 428 g/mol. The number of ether oxygens (including phenoxy) is 1. The molecule has 180 valence electrons. The van der Waals surface area contributed by atoms with Crippen molar-refractivity contribution in [2.24, 2.45) is 0 Å². The van der Waals surface area contributed by atoms with E-state index < -0.39 is 5.97 Å². The van der Waals surface area contributed by atoms with Crippen LogP contribution in [0.4, 0.5) is 0 Å². The summed E-state index contributed by atoms with van der Waals surface area (Å²) in [6.07, 6.45) is 6.41. The molecule has 0 aliphatic rings. The fourth-order valence-corrected chi connectivity index (χ4v) is 4.34. The molecule has 6 heteroatoms. The van der Waals surface area contributed by atoms with Crippen LogP contribution in [0.3, 0.4) is 0 Å². The van der Waals surface area contributed by atoms with Crippen LogP contribution in [-0.2, 0) is 16.0 Å². The zero-order valence-corrected chi connectivity index (χ0v) is 20.6. The third-order valence-corrected chi connectivity index (χ3v) is 6.19. The van der Waals surface area contributed by atoms with Crippen LogP contribution in [0.15, 0.2) is 41.2 Å². The number of carbonyl (C=O) groups excluding carboxylic acids is 2. The number of benzene rings is 2. The van der Waals surface area contributed by atoms with Gasteiger partial charge in [-0.1, -0.05) is 38.0 Å². The third kappa shape index (κ3) is 5.79. The molecule has 0 atom stereocenters. The van der Waals surface area contributed by atoms with Gasteiger partial charge < -0.3 is 4.74 Å². The van der Waals surface area contributed by atoms with Gasteiger partial charge in [-0.25, -0.2) is 9.78 Å². The van der Waals surface area contributed by atoms with Crippen molar-refractivity contribution >= 4 is 22.7 Å². The first kappa shape index (κ1) is 25.3. The number of hydrogen-bond donors (Lipinski definition) is 0. The number of hydrogen-bond acceptors (Lipinski definition) is 5. The molecule has 0 unspecified atom stereocenters. The highest BCUT2D eigenvalue weighted by Crippen LogP contribution is 2.22. The number of nitrogens with zero attached hydrogens (tertiary/aromatic N) is 2. The van der Waals surface area contributed by atoms with E-state index in [9.17, 15) is 14.4 Å². The van der Waals surface area contributed by atoms with E-state index in [0.29, 0.717) is 47.3 Å². The first-order valence-corrected chi connectivity index (χ1v) is 12.1. The Morgan fingerprint density at radius 1 is 0.971 bits per heavy atom. The summed E-state index contributed by atoms with van der Waals surface area (Å²) in [6.45, 7) is 6.10. The molecule has 0 saturated heterocycles. The van der Waals surface area contributed by atoms with Gasteiger partial charge in [-0.05, 0) is 62.4 Å². The SMILES string of the molecule is CCCCCC(=O)CCCCc1nc2cc(C(=O)OC)ccc2c(=O)n1-c1c(C)cccc1C. The number of ketones is 1. The van der Waals surface area contributed by atoms with E-state index in [-0.39, 0.29) is 5.56 Å². The average Bonchev–Trinajstić information content (AvgIpc) is 2.82. The summed E-state index contributed by atoms with van der Waals surface area (Å²) in [5.74, 6) is 0.468. The maximum atomic E-state index is 13.6. The Morgan fingerprint density at radius 3 is 2.29 bits per heavy atom. The third-order valence-electron chi connectivity index (χ3n) is 6.19. The summed E-state index contributed by atoms with van der Waals surface area (Å²) < 4.78 is 6.53. The monoisotopic (exact) mass is 462 g/mol. The van der Waals surface area contributed by atoms with E-state index >= 15 is 0 Å². The lowest BCUT2D eigenvalue weighted by molar-refractivity contribution is -0.119. The summed E-state index contributed by atoms with van der Waals surface area (Å²) in [7, 11) is 1.33. The summed E-state index contributed by atoms with van der Waals surface area (Å²) in [6, 6.07) is 10.8. The molecule has 0 aliphatic carbocycles. The van der Waals surface area contributed by atoms with E-state index in [1.165, 1.54) is 7.11 Å². The Hall–Kier alpha value is -3.28. The van der Waals surface area contributed by atoms with Gasteiger partial charge in [0, 0.05) is 19.3 Å². The second-order valence-electron chi connectivity index (χ2n) is 8.84. The van der Waals surface area contributed by atoms with Crippen LogP contribution < -0.4 is 5.56 Å². The molecule has 0 bridgehead atoms. The molecule has 2 aromatic carbocycles. The van der Waals surface area contributed by atoms with E-state index in [1.807, 2.05) is 32.0 Å². The van der Waals surface area contributed by atoms with E-state index in [1.54, 1.807) is 22.8 Å². The van der Waals surface area contributed by atoms with Crippen molar-refractivity contribution < 1.29 is 14.3 Å². The van der Waals surface area contributed by atoms with Crippen molar-refractivity contribution in [2.75, 3.05) is 7.11 Å². The number of unbranched alkanes of at least 4 members (excludes halogenated alkanes) is 3. The Morgan fingerprint density at radius 2 is 1.65 bits per heavy atom. The Labute approximate surface area is 201 Å². The predicted molar refractivity (Wildman–Crippen MR) is 135 cm³/mol. The zero-order chi connectivity index (χ0) is 24.7. The lowest BCUT2D eigenvalue weighted by atomic mass is 10.0. The molecule has 3 rings (SSSR count). The first-order chi connectivity index (χ1) is 16.4. The molecule has 34 heavy (non-hydrogen) atoms. The molecule has 0 spiro atoms. The molecule has 0 aliphatic heterocycles. The highest BCUT2D eigenvalue weighted by atomic mass is 16.5. The lowest BCUT2D eigenvalue weighted by Crippen LogP contribution is -2.25. The minimum atomic E-state index is -0.467. The van der Waals surface area contributed by atoms with Crippen molar-refractivity contribution in [3.63, 3.8) is 0 Å². The van der Waals surface area contributed by atoms with Crippen LogP contribution in [0.25, 0.3) is 16.6 Å². The molecule has 0 fully saturated rings. The topological polar surface area (TPSA) is 78.3 Å². The fourth-order valence-electron chi connectivity index (χ4n) is 4.34. The molecule has 1 heterocycles. The molecule has 0 radical (unpaired) electrons. The van der Waals surface area contributed by atoms with Crippen molar-refractivity contribution in [1.82, 2.24) is 9.55 Å². The summed E-state index contributed by atoms with van der Waals surface area (Å²) in [5, 5.41) is 0.449. The number of fused-ring (bicyclic) bond motifs is 1. The number of aromatic nitrogens is 2. The second-order valence-corrected chi connectivity index (χ2v) is 8.84. The van der Waals surface area contributed by atoms with Crippen LogP contribution in [0, 0.1) is 13.8 Å². The summed E-state index contributed by atoms with van der Waals surface area (Å²) >= 11 is 0. The molecule has 6 nitrogen and oxygen atoms in total. The minimum Gasteiger partial charge on any atom is -0.465 e. The fraction of sp³-hybridized carbons (Fsp3) is 0.429. The van der Waals surface area contributed by atoms with E-state index in [2.05, 4.69) is 6.92 Å². The largest absolute Gasteiger partial charge is 0.465 e. The maximum absolute atomic E-state index is 13.6. The Bertz CT molecular complexity index is 1220. The van der Waals surface area contributed by atoms with Crippen LogP contribution in [0.2, 0.25) is 0 Å². The number of para-hydroxylation sites is 1. The van der Waals surface area contributed by atoms with Gasteiger partial charge in [-0.15, -0.1) is 0 Å². The van der Waals surface area contributed by atoms with Gasteiger partial charge >= 0.3 is 5.97 Å². The molecule has 0 saturated carbocycles. The summed E-state index contributed by atoms with van der Waals surface area (Å²) in [5.41, 5.74) is 3.48. The van der Waals surface area contributed by atoms with Gasteiger partial charge in [0.1, 0.15) is 11.6 Å². The normalized spacial score (nSPS) is 11.1. The van der Waals surface area contributed by atoms with Gasteiger partial charge in [0.05, 0.1) is 29.3 Å². The molecule has 0 amide bonds. The highest BCUT2D eigenvalue weighted by molar-refractivity contribution is 5.94. The van der Waals surface area contributed by atoms with Gasteiger partial charge in [0.15, 0.2) is 0 Å². The van der Waals surface area contributed by atoms with E-state index in [0.717, 1.165) is 48.9 Å². The number of Topliss-reactive ketones (excluding diaryl/α,β-unsaturated/α-hetero) is 1. The average molecular weight is 463 g/mol. The molecular formula is C28H34N2O4. The molecule has 0 N–H and O–H groups in total. The van der Waals surface area contributed by atoms with Crippen LogP contribution in [-0.4, -0.2) is 28.4 Å². The Kier molecular flexibility index (Phi) is 8.74. The second kappa shape index (κ2) is 11.7. The first-order valence-electron chi connectivity index (χ1n) is 12.1. The zero-order valence-electron chi connectivity index (χ0n) is 20.6. The number of methoxy groups -OCH3 is 1. The number of aryl methyl sites for hydroxylation is 3. The Balaban J connectivity index is 1.97. The lowest BCUT2D eigenvalue weighted by Gasteiger charge is -2.18. The van der Waals surface area contributed by atoms with Gasteiger partial charge in [0.2, 0.25) is 0 Å². The van der Waals surface area contributed by atoms with Crippen LogP contribution in [0.5, 0.6) is 0 Å². The molecule has 3 aromatic rings. The minimum absolute atomic E-state index is 0.163. The van der Waals surface area contributed by atoms with E-state index in [4.69, 9.17) is 9.72 Å². The smallest absolute Gasteiger partial charge is 0.337 e. The predicted octanol–water partition coefficient (Wildman–Crippen LogP) is 5.65. The van der Waals surface area contributed by atoms with Gasteiger partial charge in [-0.2, -0.15) is 0 Å². The maximum Gasteiger partial charge on any atom is 0.337 e. The van der Waals surface area contributed by atoms with Gasteiger partial charge in [-0.3, -0.25) is 14.2 Å². The van der Waals surface area contributed by atoms with Crippen molar-refractivity contribution in [2.45, 2.75) is 72.1 Å². The van der Waals surface area contributed by atoms with Crippen LogP contribution >= 0.6 is 0 Å². The quantitative estimate of drug-likeness (QED) is 0.272. The molecule has 1 aromatic heterocycles. The van der Waals surface area contributed by atoms with Crippen LogP contribution in [0.1, 0.15) is 79.2 Å². The number of rotatable bonds is 11. The van der Waals surface area contributed by atoms with Crippen molar-refractivity contribution in [3.05, 3.63) is 69.3 Å². The highest BCUT2D eigenvalue weighted by Gasteiger charge is 2.17. The summed E-state index contributed by atoms with van der Waals surface area (Å²) in [4.78, 5) is 42.6. The number of esters is 1.